The van der Waals surface area contributed by atoms with Crippen molar-refractivity contribution in [1.29, 1.82) is 0 Å². The normalized spacial score (nSPS) is 13.9. The summed E-state index contributed by atoms with van der Waals surface area (Å²) in [6.45, 7) is 3.91. The van der Waals surface area contributed by atoms with E-state index < -0.39 is 45.1 Å². The molecule has 0 heterocycles. The highest BCUT2D eigenvalue weighted by Crippen LogP contribution is 2.43. The second kappa shape index (κ2) is 47.4. The first-order valence-corrected chi connectivity index (χ1v) is 27.4. The predicted molar refractivity (Wildman–Crippen MR) is 258 cm³/mol. The third kappa shape index (κ3) is 46.4. The van der Waals surface area contributed by atoms with E-state index in [1.54, 1.807) is 0 Å². The lowest BCUT2D eigenvalue weighted by molar-refractivity contribution is -0.154. The van der Waals surface area contributed by atoms with Crippen molar-refractivity contribution in [1.82, 2.24) is 0 Å². The molecule has 0 bridgehead atoms. The van der Waals surface area contributed by atoms with Crippen LogP contribution in [0.25, 0.3) is 0 Å². The summed E-state index contributed by atoms with van der Waals surface area (Å²) < 4.78 is 33.5. The van der Waals surface area contributed by atoms with Crippen LogP contribution in [-0.4, -0.2) is 60.5 Å². The van der Waals surface area contributed by atoms with Gasteiger partial charge in [0.2, 0.25) is 0 Å². The number of carbonyl (C=O) groups is 2. The molecule has 3 unspecified atom stereocenters. The van der Waals surface area contributed by atoms with Crippen molar-refractivity contribution in [2.24, 2.45) is 5.73 Å². The fourth-order valence-electron chi connectivity index (χ4n) is 7.46. The summed E-state index contributed by atoms with van der Waals surface area (Å²) in [5.74, 6) is -1.78. The van der Waals surface area contributed by atoms with E-state index in [0.29, 0.717) is 13.0 Å². The molecule has 0 rings (SSSR count). The summed E-state index contributed by atoms with van der Waals surface area (Å²) in [5.41, 5.74) is 5.37. The lowest BCUT2D eigenvalue weighted by Crippen LogP contribution is -2.34. The summed E-state index contributed by atoms with van der Waals surface area (Å²) in [4.78, 5) is 33.7. The molecule has 0 saturated heterocycles. The number of aliphatic carboxylic acids is 1. The minimum Gasteiger partial charge on any atom is -0.480 e. The minimum atomic E-state index is -4.62. The molecule has 0 spiro atoms. The van der Waals surface area contributed by atoms with Crippen LogP contribution in [0.4, 0.5) is 0 Å². The number of allylic oxidation sites excluding steroid dienone is 4. The molecule has 11 heteroatoms. The van der Waals surface area contributed by atoms with Crippen LogP contribution in [-0.2, 0) is 32.7 Å². The highest BCUT2D eigenvalue weighted by atomic mass is 31.2. The van der Waals surface area contributed by atoms with Crippen LogP contribution in [0.15, 0.2) is 24.3 Å². The molecule has 0 amide bonds. The number of hydrogen-bond donors (Lipinski definition) is 3. The Bertz CT molecular complexity index is 1090. The Labute approximate surface area is 381 Å². The molecule has 4 N–H and O–H groups in total. The number of esters is 1. The number of hydrogen-bond acceptors (Lipinski definition) is 8. The topological polar surface area (TPSA) is 155 Å². The summed E-state index contributed by atoms with van der Waals surface area (Å²) >= 11 is 0. The van der Waals surface area contributed by atoms with Gasteiger partial charge in [-0.2, -0.15) is 0 Å². The minimum absolute atomic E-state index is 0.0185. The first-order chi connectivity index (χ1) is 30.2. The number of nitrogens with two attached hydrogens (primary N) is 1. The number of unbranched alkanes of at least 4 members (excludes halogenated alkanes) is 32. The maximum Gasteiger partial charge on any atom is 0.472 e. The van der Waals surface area contributed by atoms with Gasteiger partial charge in [0, 0.05) is 13.0 Å². The van der Waals surface area contributed by atoms with Gasteiger partial charge >= 0.3 is 19.8 Å². The second-order valence-electron chi connectivity index (χ2n) is 17.7. The Kier molecular flexibility index (Phi) is 46.2. The van der Waals surface area contributed by atoms with Crippen molar-refractivity contribution < 1.29 is 42.7 Å². The Hall–Kier alpha value is -1.55. The fraction of sp³-hybridized carbons (Fsp3) is 0.882. The molecule has 10 nitrogen and oxygen atoms in total. The maximum atomic E-state index is 12.7. The predicted octanol–water partition coefficient (Wildman–Crippen LogP) is 15.0. The third-order valence-corrected chi connectivity index (χ3v) is 12.4. The lowest BCUT2D eigenvalue weighted by Gasteiger charge is -2.20. The number of rotatable bonds is 50. The van der Waals surface area contributed by atoms with Crippen molar-refractivity contribution in [2.45, 2.75) is 264 Å². The number of ether oxygens (including phenoxy) is 2. The van der Waals surface area contributed by atoms with Gasteiger partial charge in [-0.05, 0) is 44.9 Å². The fourth-order valence-corrected chi connectivity index (χ4v) is 8.24. The molecule has 0 saturated carbocycles. The zero-order chi connectivity index (χ0) is 45.5. The van der Waals surface area contributed by atoms with Crippen LogP contribution in [0.3, 0.4) is 0 Å². The number of carbonyl (C=O) groups excluding carboxylic acids is 1. The van der Waals surface area contributed by atoms with Crippen LogP contribution < -0.4 is 5.73 Å². The molecule has 0 aliphatic heterocycles. The van der Waals surface area contributed by atoms with Gasteiger partial charge in [-0.15, -0.1) is 0 Å². The zero-order valence-corrected chi connectivity index (χ0v) is 41.1. The van der Waals surface area contributed by atoms with Crippen LogP contribution in [0.1, 0.15) is 251 Å². The average molecular weight is 900 g/mol. The van der Waals surface area contributed by atoms with E-state index in [9.17, 15) is 19.0 Å². The number of carboxylic acids is 1. The molecule has 0 fully saturated rings. The van der Waals surface area contributed by atoms with Gasteiger partial charge < -0.3 is 25.2 Å². The van der Waals surface area contributed by atoms with Gasteiger partial charge in [0.05, 0.1) is 19.8 Å². The van der Waals surface area contributed by atoms with Crippen molar-refractivity contribution in [2.75, 3.05) is 26.4 Å². The number of phosphoric ester groups is 1. The Morgan fingerprint density at radius 1 is 0.516 bits per heavy atom. The molecule has 0 radical (unpaired) electrons. The molecule has 0 aromatic heterocycles. The van der Waals surface area contributed by atoms with Crippen molar-refractivity contribution >= 4 is 19.8 Å². The van der Waals surface area contributed by atoms with E-state index in [2.05, 4.69) is 38.2 Å². The first-order valence-electron chi connectivity index (χ1n) is 25.9. The van der Waals surface area contributed by atoms with Crippen LogP contribution in [0.5, 0.6) is 0 Å². The monoisotopic (exact) mass is 900 g/mol. The van der Waals surface area contributed by atoms with E-state index in [1.807, 2.05) is 0 Å². The molecule has 366 valence electrons. The summed E-state index contributed by atoms with van der Waals surface area (Å²) in [6, 6.07) is -1.47. The van der Waals surface area contributed by atoms with Gasteiger partial charge in [-0.25, -0.2) is 4.57 Å². The van der Waals surface area contributed by atoms with Crippen molar-refractivity contribution in [3.05, 3.63) is 24.3 Å². The van der Waals surface area contributed by atoms with E-state index in [0.717, 1.165) is 51.4 Å². The van der Waals surface area contributed by atoms with Gasteiger partial charge in [-0.3, -0.25) is 18.6 Å². The van der Waals surface area contributed by atoms with Crippen LogP contribution >= 0.6 is 7.82 Å². The Morgan fingerprint density at radius 3 is 1.32 bits per heavy atom. The third-order valence-electron chi connectivity index (χ3n) is 11.5. The van der Waals surface area contributed by atoms with Crippen molar-refractivity contribution in [3.63, 3.8) is 0 Å². The van der Waals surface area contributed by atoms with Gasteiger partial charge in [-0.1, -0.05) is 224 Å². The van der Waals surface area contributed by atoms with E-state index >= 15 is 0 Å². The standard InChI is InChI=1S/C51H98NO9P/c1-3-5-7-9-11-13-15-17-19-21-23-24-25-26-28-30-32-34-36-38-40-42-44-58-45-48(46-59-62(56,57)60-47-49(52)51(54)55)61-50(53)43-41-39-37-35-33-31-29-27-22-20-18-16-14-12-10-8-6-4-2/h14,16,20,22,48-49H,3-13,15,17-19,21,23-47,52H2,1-2H3,(H,54,55)(H,56,57)/b16-14-,22-20-. The van der Waals surface area contributed by atoms with Gasteiger partial charge in [0.15, 0.2) is 0 Å². The van der Waals surface area contributed by atoms with Crippen LogP contribution in [0, 0.1) is 0 Å². The molecular weight excluding hydrogens is 802 g/mol. The van der Waals surface area contributed by atoms with E-state index in [4.69, 9.17) is 29.4 Å². The number of phosphoric acid groups is 1. The van der Waals surface area contributed by atoms with E-state index in [-0.39, 0.29) is 13.0 Å². The smallest absolute Gasteiger partial charge is 0.472 e. The molecule has 0 aliphatic carbocycles. The summed E-state index contributed by atoms with van der Waals surface area (Å²) in [5, 5.41) is 8.93. The highest BCUT2D eigenvalue weighted by Gasteiger charge is 2.27. The molecule has 0 aliphatic rings. The Morgan fingerprint density at radius 2 is 0.887 bits per heavy atom. The summed E-state index contributed by atoms with van der Waals surface area (Å²) in [6.07, 6.45) is 53.8. The van der Waals surface area contributed by atoms with Gasteiger partial charge in [0.25, 0.3) is 0 Å². The van der Waals surface area contributed by atoms with Gasteiger partial charge in [0.1, 0.15) is 12.1 Å². The maximum absolute atomic E-state index is 12.7. The molecule has 3 atom stereocenters. The highest BCUT2D eigenvalue weighted by molar-refractivity contribution is 7.47. The summed E-state index contributed by atoms with van der Waals surface area (Å²) in [7, 11) is -4.62. The average Bonchev–Trinajstić information content (AvgIpc) is 3.25. The Balaban J connectivity index is 4.10. The van der Waals surface area contributed by atoms with Crippen molar-refractivity contribution in [3.8, 4) is 0 Å². The van der Waals surface area contributed by atoms with E-state index in [1.165, 1.54) is 173 Å². The molecular formula is C51H98NO9P. The molecule has 62 heavy (non-hydrogen) atoms. The first kappa shape index (κ1) is 60.5. The molecule has 0 aromatic rings. The largest absolute Gasteiger partial charge is 0.480 e. The number of carboxylic acid groups (broad SMARTS) is 1. The SMILES string of the molecule is CCCCCC/C=C\C/C=C\CCCCCCCCCC(=O)OC(COCCCCCCCCCCCCCCCCCCCCCCCC)COP(=O)(O)OCC(N)C(=O)O. The lowest BCUT2D eigenvalue weighted by atomic mass is 10.0. The zero-order valence-electron chi connectivity index (χ0n) is 40.2. The molecule has 0 aromatic carbocycles. The van der Waals surface area contributed by atoms with Crippen LogP contribution in [0.2, 0.25) is 0 Å². The second-order valence-corrected chi connectivity index (χ2v) is 19.1. The quantitative estimate of drug-likeness (QED) is 0.0233.